The summed E-state index contributed by atoms with van der Waals surface area (Å²) < 4.78 is 14.7. The Bertz CT molecular complexity index is 1620. The third-order valence-corrected chi connectivity index (χ3v) is 7.85. The SMILES string of the molecule is O=C(Nc1cccc([C@@H]2O[C@H](CSc3nnnn3-c3ccccc3)C[C@H](c3ccc(CO)cc3)O2)c1)c1cccnc1. The Morgan fingerprint density at radius 2 is 1.83 bits per heavy atom. The summed E-state index contributed by atoms with van der Waals surface area (Å²) in [5, 5.41) is 25.3. The molecule has 10 nitrogen and oxygen atoms in total. The molecular weight excluding hydrogens is 552 g/mol. The largest absolute Gasteiger partial charge is 0.392 e. The zero-order chi connectivity index (χ0) is 28.7. The molecule has 0 aliphatic carbocycles. The van der Waals surface area contributed by atoms with Crippen LogP contribution in [0.2, 0.25) is 0 Å². The number of carbonyl (C=O) groups excluding carboxylic acids is 1. The van der Waals surface area contributed by atoms with Gasteiger partial charge in [0, 0.05) is 35.8 Å². The van der Waals surface area contributed by atoms with Crippen LogP contribution in [0.5, 0.6) is 0 Å². The summed E-state index contributed by atoms with van der Waals surface area (Å²) in [6.07, 6.45) is 2.65. The summed E-state index contributed by atoms with van der Waals surface area (Å²) in [6.45, 7) is -0.0233. The number of ether oxygens (including phenoxy) is 2. The fraction of sp³-hybridized carbons (Fsp3) is 0.194. The molecule has 2 aromatic heterocycles. The Labute approximate surface area is 246 Å². The Morgan fingerprint density at radius 1 is 0.976 bits per heavy atom. The number of anilines is 1. The van der Waals surface area contributed by atoms with Crippen molar-refractivity contribution in [2.75, 3.05) is 11.1 Å². The van der Waals surface area contributed by atoms with E-state index in [0.717, 1.165) is 22.4 Å². The lowest BCUT2D eigenvalue weighted by Crippen LogP contribution is -2.31. The second kappa shape index (κ2) is 13.0. The molecule has 1 aliphatic rings. The van der Waals surface area contributed by atoms with Gasteiger partial charge in [0.25, 0.3) is 5.91 Å². The number of hydrogen-bond donors (Lipinski definition) is 2. The van der Waals surface area contributed by atoms with Crippen molar-refractivity contribution in [3.63, 3.8) is 0 Å². The van der Waals surface area contributed by atoms with Gasteiger partial charge in [0.1, 0.15) is 0 Å². The number of amides is 1. The fourth-order valence-electron chi connectivity index (χ4n) is 4.65. The number of aliphatic hydroxyl groups is 1. The molecule has 212 valence electrons. The normalized spacial score (nSPS) is 18.5. The molecule has 1 aliphatic heterocycles. The topological polar surface area (TPSA) is 124 Å². The lowest BCUT2D eigenvalue weighted by Gasteiger charge is -2.36. The summed E-state index contributed by atoms with van der Waals surface area (Å²) in [5.74, 6) is 0.341. The quantitative estimate of drug-likeness (QED) is 0.228. The standard InChI is InChI=1S/C31H28N6O4S/c38-19-21-11-13-22(14-12-21)28-17-27(20-42-31-34-35-36-37(31)26-9-2-1-3-10-26)40-30(41-28)23-6-4-8-25(16-23)33-29(39)24-7-5-15-32-18-24/h1-16,18,27-28,30,38H,17,19-20H2,(H,33,39)/t27-,28+,30+/m0/s1. The highest BCUT2D eigenvalue weighted by molar-refractivity contribution is 7.99. The van der Waals surface area contributed by atoms with Gasteiger partial charge in [-0.05, 0) is 58.0 Å². The van der Waals surface area contributed by atoms with Gasteiger partial charge < -0.3 is 19.9 Å². The van der Waals surface area contributed by atoms with E-state index in [1.165, 1.54) is 18.0 Å². The first-order chi connectivity index (χ1) is 20.7. The molecule has 1 amide bonds. The van der Waals surface area contributed by atoms with Gasteiger partial charge in [0.2, 0.25) is 5.16 Å². The Morgan fingerprint density at radius 3 is 2.62 bits per heavy atom. The van der Waals surface area contributed by atoms with E-state index in [0.29, 0.717) is 28.6 Å². The fourth-order valence-corrected chi connectivity index (χ4v) is 5.56. The first-order valence-electron chi connectivity index (χ1n) is 13.4. The number of thioether (sulfide) groups is 1. The highest BCUT2D eigenvalue weighted by atomic mass is 32.2. The van der Waals surface area contributed by atoms with Crippen LogP contribution in [-0.4, -0.2) is 48.1 Å². The number of pyridine rings is 1. The van der Waals surface area contributed by atoms with Crippen molar-refractivity contribution < 1.29 is 19.4 Å². The van der Waals surface area contributed by atoms with Crippen LogP contribution < -0.4 is 5.32 Å². The predicted molar refractivity (Wildman–Crippen MR) is 157 cm³/mol. The van der Waals surface area contributed by atoms with Crippen molar-refractivity contribution in [1.29, 1.82) is 0 Å². The van der Waals surface area contributed by atoms with E-state index in [9.17, 15) is 9.90 Å². The highest BCUT2D eigenvalue weighted by Crippen LogP contribution is 2.40. The van der Waals surface area contributed by atoms with Crippen LogP contribution in [0.3, 0.4) is 0 Å². The average Bonchev–Trinajstić information content (AvgIpc) is 3.53. The molecular formula is C31H28N6O4S. The van der Waals surface area contributed by atoms with Gasteiger partial charge in [0.05, 0.1) is 30.1 Å². The molecule has 0 unspecified atom stereocenters. The van der Waals surface area contributed by atoms with Crippen LogP contribution in [-0.2, 0) is 16.1 Å². The Hall–Kier alpha value is -4.42. The minimum atomic E-state index is -0.674. The van der Waals surface area contributed by atoms with Crippen LogP contribution >= 0.6 is 11.8 Å². The molecule has 0 radical (unpaired) electrons. The van der Waals surface area contributed by atoms with Gasteiger partial charge in [-0.15, -0.1) is 5.10 Å². The van der Waals surface area contributed by atoms with Gasteiger partial charge in [-0.25, -0.2) is 0 Å². The third-order valence-electron chi connectivity index (χ3n) is 6.80. The molecule has 0 saturated carbocycles. The van der Waals surface area contributed by atoms with E-state index in [1.807, 2.05) is 78.9 Å². The number of aromatic nitrogens is 5. The number of para-hydroxylation sites is 1. The number of nitrogens with one attached hydrogen (secondary N) is 1. The predicted octanol–water partition coefficient (Wildman–Crippen LogP) is 5.14. The van der Waals surface area contributed by atoms with E-state index in [1.54, 1.807) is 23.0 Å². The molecule has 3 aromatic carbocycles. The summed E-state index contributed by atoms with van der Waals surface area (Å²) in [6, 6.07) is 28.4. The minimum absolute atomic E-state index is 0.0233. The van der Waals surface area contributed by atoms with Crippen LogP contribution in [0.1, 0.15) is 45.9 Å². The number of hydrogen-bond acceptors (Lipinski definition) is 9. The van der Waals surface area contributed by atoms with E-state index >= 15 is 0 Å². The smallest absolute Gasteiger partial charge is 0.257 e. The van der Waals surface area contributed by atoms with Crippen molar-refractivity contribution in [2.45, 2.75) is 36.7 Å². The van der Waals surface area contributed by atoms with Crippen LogP contribution in [0.4, 0.5) is 5.69 Å². The molecule has 5 aromatic rings. The van der Waals surface area contributed by atoms with Crippen LogP contribution in [0.15, 0.2) is 109 Å². The van der Waals surface area contributed by atoms with Crippen molar-refractivity contribution in [3.8, 4) is 5.69 Å². The Balaban J connectivity index is 1.22. The summed E-state index contributed by atoms with van der Waals surface area (Å²) >= 11 is 1.52. The van der Waals surface area contributed by atoms with Gasteiger partial charge in [-0.2, -0.15) is 4.68 Å². The number of carbonyl (C=O) groups is 1. The van der Waals surface area contributed by atoms with Gasteiger partial charge in [-0.1, -0.05) is 66.4 Å². The second-order valence-electron chi connectivity index (χ2n) is 9.69. The van der Waals surface area contributed by atoms with Gasteiger partial charge >= 0.3 is 0 Å². The van der Waals surface area contributed by atoms with Crippen LogP contribution in [0.25, 0.3) is 5.69 Å². The summed E-state index contributed by atoms with van der Waals surface area (Å²) in [7, 11) is 0. The van der Waals surface area contributed by atoms with Crippen molar-refractivity contribution in [2.24, 2.45) is 0 Å². The Kier molecular flexibility index (Phi) is 8.61. The molecule has 3 atom stereocenters. The van der Waals surface area contributed by atoms with E-state index in [4.69, 9.17) is 9.47 Å². The maximum atomic E-state index is 12.7. The van der Waals surface area contributed by atoms with Crippen molar-refractivity contribution in [1.82, 2.24) is 25.2 Å². The molecule has 42 heavy (non-hydrogen) atoms. The number of tetrazole rings is 1. The first-order valence-corrected chi connectivity index (χ1v) is 14.4. The van der Waals surface area contributed by atoms with Crippen molar-refractivity contribution in [3.05, 3.63) is 126 Å². The van der Waals surface area contributed by atoms with Gasteiger partial charge in [-0.3, -0.25) is 9.78 Å². The molecule has 11 heteroatoms. The van der Waals surface area contributed by atoms with Crippen molar-refractivity contribution >= 4 is 23.4 Å². The zero-order valence-electron chi connectivity index (χ0n) is 22.5. The molecule has 1 fully saturated rings. The van der Waals surface area contributed by atoms with E-state index in [2.05, 4.69) is 25.8 Å². The number of nitrogens with zero attached hydrogens (tertiary/aromatic N) is 5. The first kappa shape index (κ1) is 27.7. The number of rotatable bonds is 9. The zero-order valence-corrected chi connectivity index (χ0v) is 23.3. The molecule has 3 heterocycles. The van der Waals surface area contributed by atoms with Gasteiger partial charge in [0.15, 0.2) is 6.29 Å². The second-order valence-corrected chi connectivity index (χ2v) is 10.7. The van der Waals surface area contributed by atoms with E-state index < -0.39 is 6.29 Å². The lowest BCUT2D eigenvalue weighted by molar-refractivity contribution is -0.245. The van der Waals surface area contributed by atoms with E-state index in [-0.39, 0.29) is 24.7 Å². The molecule has 1 saturated heterocycles. The summed E-state index contributed by atoms with van der Waals surface area (Å²) in [4.78, 5) is 16.7. The average molecular weight is 581 g/mol. The maximum Gasteiger partial charge on any atom is 0.257 e. The monoisotopic (exact) mass is 580 g/mol. The minimum Gasteiger partial charge on any atom is -0.392 e. The molecule has 2 N–H and O–H groups in total. The molecule has 0 bridgehead atoms. The van der Waals surface area contributed by atoms with Crippen LogP contribution in [0, 0.1) is 0 Å². The number of aliphatic hydroxyl groups excluding tert-OH is 1. The summed E-state index contributed by atoms with van der Waals surface area (Å²) in [5.41, 5.74) is 4.57. The molecule has 0 spiro atoms. The molecule has 6 rings (SSSR count). The third kappa shape index (κ3) is 6.55. The lowest BCUT2D eigenvalue weighted by atomic mass is 10.0. The number of benzene rings is 3. The maximum absolute atomic E-state index is 12.7. The highest BCUT2D eigenvalue weighted by Gasteiger charge is 2.33.